The van der Waals surface area contributed by atoms with Gasteiger partial charge in [0.15, 0.2) is 0 Å². The Hall–Kier alpha value is -3.55. The molecule has 0 spiro atoms. The van der Waals surface area contributed by atoms with Crippen LogP contribution < -0.4 is 10.9 Å². The van der Waals surface area contributed by atoms with E-state index >= 15 is 0 Å². The molecule has 1 N–H and O–H groups in total. The van der Waals surface area contributed by atoms with E-state index in [2.05, 4.69) is 5.32 Å². The van der Waals surface area contributed by atoms with E-state index < -0.39 is 23.1 Å². The number of hydrogen-bond acceptors (Lipinski definition) is 3. The van der Waals surface area contributed by atoms with Crippen molar-refractivity contribution in [3.05, 3.63) is 81.3 Å². The van der Waals surface area contributed by atoms with Crippen LogP contribution in [0, 0.1) is 18.6 Å². The number of nitrogens with one attached hydrogen (secondary N) is 1. The van der Waals surface area contributed by atoms with Gasteiger partial charge in [-0.2, -0.15) is 0 Å². The first kappa shape index (κ1) is 25.5. The van der Waals surface area contributed by atoms with Crippen molar-refractivity contribution in [1.82, 2.24) is 14.8 Å². The Labute approximate surface area is 208 Å². The molecular formula is C28H31F2N3O3. The fourth-order valence-corrected chi connectivity index (χ4v) is 4.64. The molecule has 1 saturated heterocycles. The van der Waals surface area contributed by atoms with Crippen LogP contribution in [0.25, 0.3) is 10.8 Å². The largest absolute Gasteiger partial charge is 0.348 e. The standard InChI is InChI=1S/C25H25F2N3O3.C3H6/c1-15-22(24(32)28-13-17-6-3-7-18(26)12-17)20-9-4-10-21(27)23(20)25(33)30(15)14-19-8-5-11-29(19)16(2)31;1-2-3-1/h3-4,6-7,9-10,12,19H,5,8,11,13-14H2,1-2H3,(H,28,32);1-3H2. The lowest BCUT2D eigenvalue weighted by atomic mass is 10.0. The quantitative estimate of drug-likeness (QED) is 0.558. The highest BCUT2D eigenvalue weighted by molar-refractivity contribution is 6.07. The van der Waals surface area contributed by atoms with Crippen LogP contribution in [0.4, 0.5) is 8.78 Å². The normalized spacial score (nSPS) is 16.4. The minimum atomic E-state index is -0.708. The topological polar surface area (TPSA) is 71.4 Å². The molecule has 2 heterocycles. The van der Waals surface area contributed by atoms with E-state index in [4.69, 9.17) is 0 Å². The van der Waals surface area contributed by atoms with Gasteiger partial charge in [0.05, 0.1) is 10.9 Å². The summed E-state index contributed by atoms with van der Waals surface area (Å²) in [4.78, 5) is 40.2. The van der Waals surface area contributed by atoms with Crippen LogP contribution in [-0.4, -0.2) is 33.9 Å². The van der Waals surface area contributed by atoms with Crippen molar-refractivity contribution in [2.45, 2.75) is 65.1 Å². The Morgan fingerprint density at radius 2 is 1.78 bits per heavy atom. The average Bonchev–Trinajstić information content (AvgIpc) is 3.65. The van der Waals surface area contributed by atoms with Crippen molar-refractivity contribution >= 4 is 22.6 Å². The van der Waals surface area contributed by atoms with Gasteiger partial charge in [0.1, 0.15) is 11.6 Å². The van der Waals surface area contributed by atoms with Crippen LogP contribution in [-0.2, 0) is 17.9 Å². The highest BCUT2D eigenvalue weighted by atomic mass is 19.1. The monoisotopic (exact) mass is 495 g/mol. The Morgan fingerprint density at radius 3 is 2.44 bits per heavy atom. The second kappa shape index (κ2) is 11.0. The summed E-state index contributed by atoms with van der Waals surface area (Å²) in [5.41, 5.74) is 0.628. The van der Waals surface area contributed by atoms with Crippen LogP contribution in [0.2, 0.25) is 0 Å². The zero-order valence-electron chi connectivity index (χ0n) is 20.7. The van der Waals surface area contributed by atoms with Gasteiger partial charge in [-0.3, -0.25) is 14.4 Å². The van der Waals surface area contributed by atoms with Crippen LogP contribution in [0.15, 0.2) is 47.3 Å². The molecule has 1 saturated carbocycles. The molecule has 0 radical (unpaired) electrons. The number of aromatic nitrogens is 1. The predicted molar refractivity (Wildman–Crippen MR) is 135 cm³/mol. The number of halogens is 2. The van der Waals surface area contributed by atoms with E-state index in [1.165, 1.54) is 55.0 Å². The van der Waals surface area contributed by atoms with Crippen LogP contribution in [0.3, 0.4) is 0 Å². The maximum atomic E-state index is 14.8. The van der Waals surface area contributed by atoms with E-state index in [1.54, 1.807) is 30.0 Å². The van der Waals surface area contributed by atoms with Gasteiger partial charge in [-0.1, -0.05) is 43.5 Å². The summed E-state index contributed by atoms with van der Waals surface area (Å²) in [6.07, 6.45) is 6.04. The molecule has 36 heavy (non-hydrogen) atoms. The lowest BCUT2D eigenvalue weighted by Crippen LogP contribution is -2.40. The number of nitrogens with zero attached hydrogens (tertiary/aromatic N) is 2. The van der Waals surface area contributed by atoms with E-state index in [9.17, 15) is 23.2 Å². The summed E-state index contributed by atoms with van der Waals surface area (Å²) >= 11 is 0. The van der Waals surface area contributed by atoms with Gasteiger partial charge in [-0.05, 0) is 43.5 Å². The molecule has 5 rings (SSSR count). The number of amides is 2. The third-order valence-electron chi connectivity index (χ3n) is 6.61. The summed E-state index contributed by atoms with van der Waals surface area (Å²) in [6, 6.07) is 9.86. The highest BCUT2D eigenvalue weighted by Gasteiger charge is 2.29. The van der Waals surface area contributed by atoms with Gasteiger partial charge in [0.2, 0.25) is 5.91 Å². The second-order valence-electron chi connectivity index (χ2n) is 9.42. The SMILES string of the molecule is C1CC1.CC(=O)N1CCCC1Cn1c(C)c(C(=O)NCc2cccc(F)c2)c2cccc(F)c2c1=O. The number of carbonyl (C=O) groups is 2. The molecule has 3 aromatic rings. The summed E-state index contributed by atoms with van der Waals surface area (Å²) in [7, 11) is 0. The van der Waals surface area contributed by atoms with E-state index in [0.29, 0.717) is 17.8 Å². The molecule has 1 aliphatic carbocycles. The number of rotatable bonds is 5. The van der Waals surface area contributed by atoms with Gasteiger partial charge in [-0.15, -0.1) is 0 Å². The number of carbonyl (C=O) groups excluding carboxylic acids is 2. The molecule has 1 aromatic heterocycles. The fourth-order valence-electron chi connectivity index (χ4n) is 4.64. The molecule has 8 heteroatoms. The third kappa shape index (κ3) is 5.64. The number of likely N-dealkylation sites (tertiary alicyclic amines) is 1. The molecular weight excluding hydrogens is 464 g/mol. The molecule has 2 fully saturated rings. The highest BCUT2D eigenvalue weighted by Crippen LogP contribution is 2.25. The molecule has 2 amide bonds. The third-order valence-corrected chi connectivity index (χ3v) is 6.61. The van der Waals surface area contributed by atoms with Gasteiger partial charge in [-0.25, -0.2) is 8.78 Å². The van der Waals surface area contributed by atoms with Crippen LogP contribution in [0.5, 0.6) is 0 Å². The minimum absolute atomic E-state index is 0.0761. The predicted octanol–water partition coefficient (Wildman–Crippen LogP) is 4.70. The average molecular weight is 496 g/mol. The van der Waals surface area contributed by atoms with Crippen molar-refractivity contribution in [3.8, 4) is 0 Å². The van der Waals surface area contributed by atoms with Gasteiger partial charge in [0, 0.05) is 43.7 Å². The Balaban J connectivity index is 0.000000943. The van der Waals surface area contributed by atoms with Crippen molar-refractivity contribution in [2.24, 2.45) is 0 Å². The van der Waals surface area contributed by atoms with Crippen LogP contribution >= 0.6 is 0 Å². The maximum absolute atomic E-state index is 14.8. The smallest absolute Gasteiger partial charge is 0.261 e. The van der Waals surface area contributed by atoms with Crippen molar-refractivity contribution in [3.63, 3.8) is 0 Å². The summed E-state index contributed by atoms with van der Waals surface area (Å²) in [6.45, 7) is 4.00. The summed E-state index contributed by atoms with van der Waals surface area (Å²) in [5.74, 6) is -1.69. The van der Waals surface area contributed by atoms with Crippen molar-refractivity contribution in [1.29, 1.82) is 0 Å². The molecule has 1 unspecified atom stereocenters. The molecule has 190 valence electrons. The molecule has 2 aromatic carbocycles. The Bertz CT molecular complexity index is 1350. The Morgan fingerprint density at radius 1 is 1.06 bits per heavy atom. The Kier molecular flexibility index (Phi) is 7.82. The van der Waals surface area contributed by atoms with Crippen molar-refractivity contribution in [2.75, 3.05) is 6.54 Å². The second-order valence-corrected chi connectivity index (χ2v) is 9.42. The van der Waals surface area contributed by atoms with Gasteiger partial charge in [0.25, 0.3) is 11.5 Å². The number of fused-ring (bicyclic) bond motifs is 1. The maximum Gasteiger partial charge on any atom is 0.261 e. The minimum Gasteiger partial charge on any atom is -0.348 e. The number of benzene rings is 2. The van der Waals surface area contributed by atoms with E-state index in [1.807, 2.05) is 0 Å². The summed E-state index contributed by atoms with van der Waals surface area (Å²) in [5, 5.41) is 2.82. The van der Waals surface area contributed by atoms with Crippen LogP contribution in [0.1, 0.15) is 60.6 Å². The zero-order chi connectivity index (χ0) is 25.8. The molecule has 6 nitrogen and oxygen atoms in total. The molecule has 1 aliphatic heterocycles. The first-order valence-corrected chi connectivity index (χ1v) is 12.4. The lowest BCUT2D eigenvalue weighted by Gasteiger charge is -2.26. The number of hydrogen-bond donors (Lipinski definition) is 1. The fraction of sp³-hybridized carbons (Fsp3) is 0.393. The molecule has 2 aliphatic rings. The van der Waals surface area contributed by atoms with E-state index in [-0.39, 0.29) is 41.4 Å². The molecule has 1 atom stereocenters. The first-order valence-electron chi connectivity index (χ1n) is 12.4. The molecule has 0 bridgehead atoms. The number of pyridine rings is 1. The first-order chi connectivity index (χ1) is 17.3. The van der Waals surface area contributed by atoms with E-state index in [0.717, 1.165) is 12.8 Å². The van der Waals surface area contributed by atoms with Gasteiger partial charge < -0.3 is 14.8 Å². The summed E-state index contributed by atoms with van der Waals surface area (Å²) < 4.78 is 29.7. The zero-order valence-corrected chi connectivity index (χ0v) is 20.7. The van der Waals surface area contributed by atoms with Gasteiger partial charge >= 0.3 is 0 Å². The lowest BCUT2D eigenvalue weighted by molar-refractivity contribution is -0.129. The van der Waals surface area contributed by atoms with Crippen molar-refractivity contribution < 1.29 is 18.4 Å².